The number of nitro groups is 1. The maximum Gasteiger partial charge on any atom is 0.272 e. The molecule has 0 aromatic heterocycles. The van der Waals surface area contributed by atoms with Crippen LogP contribution in [0.4, 0.5) is 11.4 Å². The van der Waals surface area contributed by atoms with Crippen LogP contribution in [0, 0.1) is 17.0 Å². The standard InChI is InChI=1S/C19H20N4O4/c1-3-15-6-4-5-7-16(15)21-18(24)11-19(25)22-20-12-14-9-8-13(2)17(10-14)23(26)27/h4-10,12H,3,11H2,1-2H3,(H,21,24)(H,22,25). The summed E-state index contributed by atoms with van der Waals surface area (Å²) >= 11 is 0. The fourth-order valence-corrected chi connectivity index (χ4v) is 2.41. The number of hydrogen-bond acceptors (Lipinski definition) is 5. The Morgan fingerprint density at radius 1 is 1.19 bits per heavy atom. The van der Waals surface area contributed by atoms with Gasteiger partial charge in [-0.2, -0.15) is 5.10 Å². The summed E-state index contributed by atoms with van der Waals surface area (Å²) in [6.45, 7) is 3.61. The fraction of sp³-hybridized carbons (Fsp3) is 0.211. The van der Waals surface area contributed by atoms with Crippen molar-refractivity contribution in [1.82, 2.24) is 5.43 Å². The molecule has 0 spiro atoms. The normalized spacial score (nSPS) is 10.6. The van der Waals surface area contributed by atoms with Gasteiger partial charge in [0.2, 0.25) is 11.8 Å². The highest BCUT2D eigenvalue weighted by molar-refractivity contribution is 6.04. The molecule has 0 aliphatic carbocycles. The molecule has 8 heteroatoms. The second-order valence-corrected chi connectivity index (χ2v) is 5.83. The first kappa shape index (κ1) is 19.8. The zero-order chi connectivity index (χ0) is 19.8. The lowest BCUT2D eigenvalue weighted by Crippen LogP contribution is -2.25. The Balaban J connectivity index is 1.90. The molecular formula is C19H20N4O4. The van der Waals surface area contributed by atoms with E-state index in [2.05, 4.69) is 15.8 Å². The number of para-hydroxylation sites is 1. The molecule has 0 aliphatic heterocycles. The van der Waals surface area contributed by atoms with Crippen LogP contribution in [-0.2, 0) is 16.0 Å². The number of carbonyl (C=O) groups is 2. The summed E-state index contributed by atoms with van der Waals surface area (Å²) in [4.78, 5) is 34.2. The maximum absolute atomic E-state index is 12.0. The lowest BCUT2D eigenvalue weighted by atomic mass is 10.1. The zero-order valence-electron chi connectivity index (χ0n) is 15.1. The number of rotatable bonds is 7. The van der Waals surface area contributed by atoms with Gasteiger partial charge in [0, 0.05) is 22.9 Å². The molecule has 2 amide bonds. The minimum Gasteiger partial charge on any atom is -0.325 e. The van der Waals surface area contributed by atoms with Gasteiger partial charge in [-0.3, -0.25) is 19.7 Å². The number of nitro benzene ring substituents is 1. The van der Waals surface area contributed by atoms with Gasteiger partial charge in [0.25, 0.3) is 5.69 Å². The molecule has 0 saturated heterocycles. The third-order valence-electron chi connectivity index (χ3n) is 3.83. The van der Waals surface area contributed by atoms with Crippen molar-refractivity contribution in [1.29, 1.82) is 0 Å². The van der Waals surface area contributed by atoms with Crippen molar-refractivity contribution >= 4 is 29.4 Å². The van der Waals surface area contributed by atoms with E-state index >= 15 is 0 Å². The van der Waals surface area contributed by atoms with Crippen molar-refractivity contribution in [2.24, 2.45) is 5.10 Å². The molecule has 0 fully saturated rings. The van der Waals surface area contributed by atoms with Crippen molar-refractivity contribution in [3.05, 3.63) is 69.3 Å². The van der Waals surface area contributed by atoms with Gasteiger partial charge in [0.15, 0.2) is 0 Å². The average molecular weight is 368 g/mol. The number of anilines is 1. The van der Waals surface area contributed by atoms with Gasteiger partial charge >= 0.3 is 0 Å². The third-order valence-corrected chi connectivity index (χ3v) is 3.83. The summed E-state index contributed by atoms with van der Waals surface area (Å²) in [5.74, 6) is -1.03. The Kier molecular flexibility index (Phi) is 6.76. The lowest BCUT2D eigenvalue weighted by Gasteiger charge is -2.09. The van der Waals surface area contributed by atoms with Gasteiger partial charge in [0.1, 0.15) is 6.42 Å². The summed E-state index contributed by atoms with van der Waals surface area (Å²) in [6, 6.07) is 12.0. The predicted molar refractivity (Wildman–Crippen MR) is 103 cm³/mol. The molecule has 140 valence electrons. The average Bonchev–Trinajstić information content (AvgIpc) is 2.63. The quantitative estimate of drug-likeness (QED) is 0.338. The Morgan fingerprint density at radius 3 is 2.63 bits per heavy atom. The van der Waals surface area contributed by atoms with Gasteiger partial charge < -0.3 is 5.32 Å². The van der Waals surface area contributed by atoms with Crippen molar-refractivity contribution in [2.75, 3.05) is 5.32 Å². The molecule has 0 saturated carbocycles. The van der Waals surface area contributed by atoms with Crippen LogP contribution in [-0.4, -0.2) is 23.0 Å². The molecule has 0 atom stereocenters. The van der Waals surface area contributed by atoms with Crippen LogP contribution < -0.4 is 10.7 Å². The maximum atomic E-state index is 12.0. The first-order valence-corrected chi connectivity index (χ1v) is 8.35. The number of nitrogens with zero attached hydrogens (tertiary/aromatic N) is 2. The largest absolute Gasteiger partial charge is 0.325 e. The summed E-state index contributed by atoms with van der Waals surface area (Å²) in [7, 11) is 0. The van der Waals surface area contributed by atoms with Crippen LogP contribution in [0.5, 0.6) is 0 Å². The molecule has 2 aromatic rings. The second kappa shape index (κ2) is 9.23. The number of hydrogen-bond donors (Lipinski definition) is 2. The van der Waals surface area contributed by atoms with Crippen LogP contribution in [0.1, 0.15) is 30.0 Å². The van der Waals surface area contributed by atoms with Crippen LogP contribution in [0.3, 0.4) is 0 Å². The van der Waals surface area contributed by atoms with Crippen LogP contribution in [0.15, 0.2) is 47.6 Å². The van der Waals surface area contributed by atoms with Crippen molar-refractivity contribution < 1.29 is 14.5 Å². The van der Waals surface area contributed by atoms with Gasteiger partial charge in [-0.1, -0.05) is 37.3 Å². The summed E-state index contributed by atoms with van der Waals surface area (Å²) in [5.41, 5.74) is 4.86. The minimum atomic E-state index is -0.584. The molecule has 2 rings (SSSR count). The molecule has 0 heterocycles. The van der Waals surface area contributed by atoms with E-state index in [-0.39, 0.29) is 12.1 Å². The molecule has 27 heavy (non-hydrogen) atoms. The third kappa shape index (κ3) is 5.74. The van der Waals surface area contributed by atoms with Crippen LogP contribution in [0.25, 0.3) is 0 Å². The number of amides is 2. The van der Waals surface area contributed by atoms with E-state index in [4.69, 9.17) is 0 Å². The smallest absolute Gasteiger partial charge is 0.272 e. The highest BCUT2D eigenvalue weighted by Crippen LogP contribution is 2.18. The summed E-state index contributed by atoms with van der Waals surface area (Å²) in [5, 5.41) is 17.4. The summed E-state index contributed by atoms with van der Waals surface area (Å²) < 4.78 is 0. The first-order valence-electron chi connectivity index (χ1n) is 8.35. The lowest BCUT2D eigenvalue weighted by molar-refractivity contribution is -0.385. The number of hydrazone groups is 1. The topological polar surface area (TPSA) is 114 Å². The number of nitrogens with one attached hydrogen (secondary N) is 2. The summed E-state index contributed by atoms with van der Waals surface area (Å²) in [6.07, 6.45) is 1.66. The minimum absolute atomic E-state index is 0.0285. The number of benzene rings is 2. The predicted octanol–water partition coefficient (Wildman–Crippen LogP) is 2.94. The van der Waals surface area contributed by atoms with Crippen molar-refractivity contribution in [2.45, 2.75) is 26.7 Å². The van der Waals surface area contributed by atoms with E-state index in [1.54, 1.807) is 31.2 Å². The molecule has 0 unspecified atom stereocenters. The van der Waals surface area contributed by atoms with Gasteiger partial charge in [-0.15, -0.1) is 0 Å². The van der Waals surface area contributed by atoms with Crippen LogP contribution >= 0.6 is 0 Å². The highest BCUT2D eigenvalue weighted by atomic mass is 16.6. The van der Waals surface area contributed by atoms with Gasteiger partial charge in [0.05, 0.1) is 11.1 Å². The molecule has 0 radical (unpaired) electrons. The first-order chi connectivity index (χ1) is 12.9. The molecule has 8 nitrogen and oxygen atoms in total. The van der Waals surface area contributed by atoms with Gasteiger partial charge in [-0.05, 0) is 25.0 Å². The highest BCUT2D eigenvalue weighted by Gasteiger charge is 2.11. The van der Waals surface area contributed by atoms with Crippen molar-refractivity contribution in [3.8, 4) is 0 Å². The van der Waals surface area contributed by atoms with E-state index in [0.717, 1.165) is 12.0 Å². The van der Waals surface area contributed by atoms with E-state index in [0.29, 0.717) is 16.8 Å². The Labute approximate surface area is 156 Å². The molecule has 0 bridgehead atoms. The Morgan fingerprint density at radius 2 is 1.93 bits per heavy atom. The molecule has 2 N–H and O–H groups in total. The van der Waals surface area contributed by atoms with E-state index in [9.17, 15) is 19.7 Å². The fourth-order valence-electron chi connectivity index (χ4n) is 2.41. The van der Waals surface area contributed by atoms with Gasteiger partial charge in [-0.25, -0.2) is 5.43 Å². The molecular weight excluding hydrogens is 348 g/mol. The van der Waals surface area contributed by atoms with E-state index in [1.165, 1.54) is 12.3 Å². The Hall–Kier alpha value is -3.55. The second-order valence-electron chi connectivity index (χ2n) is 5.83. The number of aryl methyl sites for hydroxylation is 2. The number of carbonyl (C=O) groups excluding carboxylic acids is 2. The SMILES string of the molecule is CCc1ccccc1NC(=O)CC(=O)NN=Cc1ccc(C)c([N+](=O)[O-])c1. The monoisotopic (exact) mass is 368 g/mol. The van der Waals surface area contributed by atoms with E-state index < -0.39 is 16.7 Å². The van der Waals surface area contributed by atoms with Crippen LogP contribution in [0.2, 0.25) is 0 Å². The van der Waals surface area contributed by atoms with E-state index in [1.807, 2.05) is 19.1 Å². The zero-order valence-corrected chi connectivity index (χ0v) is 15.1. The molecule has 0 aliphatic rings. The molecule has 2 aromatic carbocycles. The van der Waals surface area contributed by atoms with Crippen molar-refractivity contribution in [3.63, 3.8) is 0 Å². The Bertz CT molecular complexity index is 893.